The highest BCUT2D eigenvalue weighted by Crippen LogP contribution is 2.33. The molecule has 0 saturated carbocycles. The van der Waals surface area contributed by atoms with Gasteiger partial charge >= 0.3 is 5.97 Å². The van der Waals surface area contributed by atoms with E-state index in [1.807, 2.05) is 18.2 Å². The topological polar surface area (TPSA) is 40.5 Å². The molecule has 1 N–H and O–H groups in total. The van der Waals surface area contributed by atoms with Crippen LogP contribution < -0.4 is 0 Å². The molecule has 120 valence electrons. The van der Waals surface area contributed by atoms with Crippen molar-refractivity contribution in [2.24, 2.45) is 5.92 Å². The summed E-state index contributed by atoms with van der Waals surface area (Å²) in [6, 6.07) is 18.7. The van der Waals surface area contributed by atoms with E-state index < -0.39 is 5.97 Å². The summed E-state index contributed by atoms with van der Waals surface area (Å²) in [4.78, 5) is 13.9. The third-order valence-electron chi connectivity index (χ3n) is 4.78. The second-order valence-electron chi connectivity index (χ2n) is 6.33. The largest absolute Gasteiger partial charge is 0.481 e. The van der Waals surface area contributed by atoms with E-state index >= 15 is 0 Å². The van der Waals surface area contributed by atoms with E-state index in [9.17, 15) is 9.90 Å². The number of likely N-dealkylation sites (tertiary alicyclic amines) is 1. The van der Waals surface area contributed by atoms with Gasteiger partial charge in [-0.25, -0.2) is 0 Å². The first kappa shape index (κ1) is 15.8. The van der Waals surface area contributed by atoms with Gasteiger partial charge in [0.05, 0.1) is 5.92 Å². The Balaban J connectivity index is 1.76. The molecule has 0 bridgehead atoms. The number of carboxylic acid groups (broad SMARTS) is 1. The smallest absolute Gasteiger partial charge is 0.308 e. The van der Waals surface area contributed by atoms with E-state index in [0.29, 0.717) is 6.54 Å². The van der Waals surface area contributed by atoms with Crippen molar-refractivity contribution in [1.29, 1.82) is 0 Å². The van der Waals surface area contributed by atoms with E-state index in [1.54, 1.807) is 0 Å². The second-order valence-corrected chi connectivity index (χ2v) is 6.33. The summed E-state index contributed by atoms with van der Waals surface area (Å²) >= 11 is 0. The molecule has 2 aromatic rings. The number of hydrogen-bond donors (Lipinski definition) is 1. The molecule has 1 heterocycles. The molecule has 1 aliphatic rings. The van der Waals surface area contributed by atoms with Crippen LogP contribution in [0.25, 0.3) is 0 Å². The fourth-order valence-corrected chi connectivity index (χ4v) is 3.44. The minimum absolute atomic E-state index is 0.0714. The standard InChI is InChI=1S/C20H23NO2/c1-2-15-8-10-17(11-9-15)18-13-21(14-19(18)20(22)23)12-16-6-4-3-5-7-16/h3-11,18-19H,2,12-14H2,1H3,(H,22,23)/t18-,19+/m1/s1. The van der Waals surface area contributed by atoms with Gasteiger partial charge in [0.2, 0.25) is 0 Å². The lowest BCUT2D eigenvalue weighted by molar-refractivity contribution is -0.141. The van der Waals surface area contributed by atoms with Crippen LogP contribution in [-0.2, 0) is 17.8 Å². The average Bonchev–Trinajstić information content (AvgIpc) is 3.00. The summed E-state index contributed by atoms with van der Waals surface area (Å²) in [6.45, 7) is 4.36. The zero-order valence-corrected chi connectivity index (χ0v) is 13.5. The average molecular weight is 309 g/mol. The number of carbonyl (C=O) groups is 1. The van der Waals surface area contributed by atoms with E-state index in [4.69, 9.17) is 0 Å². The molecule has 1 aliphatic heterocycles. The van der Waals surface area contributed by atoms with Gasteiger partial charge in [0.15, 0.2) is 0 Å². The van der Waals surface area contributed by atoms with Crippen molar-refractivity contribution in [3.8, 4) is 0 Å². The fraction of sp³-hybridized carbons (Fsp3) is 0.350. The predicted molar refractivity (Wildman–Crippen MR) is 91.4 cm³/mol. The first-order valence-electron chi connectivity index (χ1n) is 8.25. The van der Waals surface area contributed by atoms with Gasteiger partial charge in [-0.2, -0.15) is 0 Å². The summed E-state index contributed by atoms with van der Waals surface area (Å²) in [6.07, 6.45) is 1.01. The number of nitrogens with zero attached hydrogens (tertiary/aromatic N) is 1. The lowest BCUT2D eigenvalue weighted by Gasteiger charge is -2.16. The Labute approximate surface area is 137 Å². The molecule has 1 saturated heterocycles. The molecule has 0 aliphatic carbocycles. The minimum atomic E-state index is -0.690. The molecule has 3 rings (SSSR count). The van der Waals surface area contributed by atoms with Crippen LogP contribution in [0, 0.1) is 5.92 Å². The van der Waals surface area contributed by atoms with Crippen LogP contribution in [0.4, 0.5) is 0 Å². The van der Waals surface area contributed by atoms with Crippen LogP contribution >= 0.6 is 0 Å². The van der Waals surface area contributed by atoms with Gasteiger partial charge in [-0.15, -0.1) is 0 Å². The predicted octanol–water partition coefficient (Wildman–Crippen LogP) is 3.55. The Bertz CT molecular complexity index is 651. The van der Waals surface area contributed by atoms with E-state index in [-0.39, 0.29) is 11.8 Å². The van der Waals surface area contributed by atoms with Crippen molar-refractivity contribution in [3.63, 3.8) is 0 Å². The van der Waals surface area contributed by atoms with Gasteiger partial charge in [-0.1, -0.05) is 61.5 Å². The zero-order valence-electron chi connectivity index (χ0n) is 13.5. The van der Waals surface area contributed by atoms with Gasteiger partial charge in [0.1, 0.15) is 0 Å². The van der Waals surface area contributed by atoms with Crippen molar-refractivity contribution in [2.45, 2.75) is 25.8 Å². The Kier molecular flexibility index (Phi) is 4.77. The molecule has 2 aromatic carbocycles. The highest BCUT2D eigenvalue weighted by molar-refractivity contribution is 5.72. The number of rotatable bonds is 5. The van der Waals surface area contributed by atoms with Crippen LogP contribution in [0.2, 0.25) is 0 Å². The van der Waals surface area contributed by atoms with E-state index in [2.05, 4.69) is 48.2 Å². The van der Waals surface area contributed by atoms with Crippen molar-refractivity contribution in [3.05, 3.63) is 71.3 Å². The fourth-order valence-electron chi connectivity index (χ4n) is 3.44. The van der Waals surface area contributed by atoms with Crippen molar-refractivity contribution >= 4 is 5.97 Å². The molecular formula is C20H23NO2. The molecule has 23 heavy (non-hydrogen) atoms. The van der Waals surface area contributed by atoms with Gasteiger partial charge in [-0.3, -0.25) is 9.69 Å². The molecule has 0 amide bonds. The number of carboxylic acids is 1. The van der Waals surface area contributed by atoms with Crippen molar-refractivity contribution < 1.29 is 9.90 Å². The monoisotopic (exact) mass is 309 g/mol. The Morgan fingerprint density at radius 1 is 1.04 bits per heavy atom. The molecule has 1 fully saturated rings. The summed E-state index contributed by atoms with van der Waals surface area (Å²) in [5, 5.41) is 9.60. The lowest BCUT2D eigenvalue weighted by Crippen LogP contribution is -2.23. The second kappa shape index (κ2) is 6.97. The highest BCUT2D eigenvalue weighted by Gasteiger charge is 2.38. The van der Waals surface area contributed by atoms with Crippen LogP contribution in [0.3, 0.4) is 0 Å². The molecule has 0 aromatic heterocycles. The Morgan fingerprint density at radius 2 is 1.74 bits per heavy atom. The van der Waals surface area contributed by atoms with Gasteiger partial charge in [0.25, 0.3) is 0 Å². The van der Waals surface area contributed by atoms with Gasteiger partial charge < -0.3 is 5.11 Å². The molecule has 0 radical (unpaired) electrons. The third-order valence-corrected chi connectivity index (χ3v) is 4.78. The first-order chi connectivity index (χ1) is 11.2. The van der Waals surface area contributed by atoms with Crippen LogP contribution in [0.5, 0.6) is 0 Å². The SMILES string of the molecule is CCc1ccc([C@H]2CN(Cc3ccccc3)C[C@@H]2C(=O)O)cc1. The van der Waals surface area contributed by atoms with Gasteiger partial charge in [0, 0.05) is 25.6 Å². The minimum Gasteiger partial charge on any atom is -0.481 e. The number of benzene rings is 2. The molecule has 0 spiro atoms. The third kappa shape index (κ3) is 3.62. The maximum Gasteiger partial charge on any atom is 0.308 e. The number of aryl methyl sites for hydroxylation is 1. The number of aliphatic carboxylic acids is 1. The van der Waals surface area contributed by atoms with Crippen LogP contribution in [0.15, 0.2) is 54.6 Å². The molecule has 0 unspecified atom stereocenters. The quantitative estimate of drug-likeness (QED) is 0.918. The Morgan fingerprint density at radius 3 is 2.35 bits per heavy atom. The summed E-state index contributed by atoms with van der Waals surface area (Å²) in [7, 11) is 0. The van der Waals surface area contributed by atoms with E-state index in [1.165, 1.54) is 11.1 Å². The maximum absolute atomic E-state index is 11.7. The highest BCUT2D eigenvalue weighted by atomic mass is 16.4. The molecule has 3 heteroatoms. The molecule has 3 nitrogen and oxygen atoms in total. The Hall–Kier alpha value is -2.13. The number of hydrogen-bond acceptors (Lipinski definition) is 2. The van der Waals surface area contributed by atoms with Gasteiger partial charge in [-0.05, 0) is 23.1 Å². The van der Waals surface area contributed by atoms with Crippen molar-refractivity contribution in [1.82, 2.24) is 4.90 Å². The van der Waals surface area contributed by atoms with Crippen molar-refractivity contribution in [2.75, 3.05) is 13.1 Å². The summed E-state index contributed by atoms with van der Waals surface area (Å²) in [5.41, 5.74) is 3.67. The first-order valence-corrected chi connectivity index (χ1v) is 8.25. The van der Waals surface area contributed by atoms with E-state index in [0.717, 1.165) is 25.1 Å². The summed E-state index contributed by atoms with van der Waals surface area (Å²) < 4.78 is 0. The zero-order chi connectivity index (χ0) is 16.2. The summed E-state index contributed by atoms with van der Waals surface area (Å²) in [5.74, 6) is -0.946. The lowest BCUT2D eigenvalue weighted by atomic mass is 9.88. The molecular weight excluding hydrogens is 286 g/mol. The molecule has 2 atom stereocenters. The van der Waals surface area contributed by atoms with Crippen LogP contribution in [-0.4, -0.2) is 29.1 Å². The maximum atomic E-state index is 11.7. The van der Waals surface area contributed by atoms with Crippen LogP contribution in [0.1, 0.15) is 29.5 Å². The normalized spacial score (nSPS) is 21.4.